The first-order valence-corrected chi connectivity index (χ1v) is 12.0. The number of fused-ring (bicyclic) bond motifs is 2. The molecule has 0 spiro atoms. The summed E-state index contributed by atoms with van der Waals surface area (Å²) in [6.07, 6.45) is 17.0. The van der Waals surface area contributed by atoms with E-state index in [-0.39, 0.29) is 5.82 Å². The van der Waals surface area contributed by atoms with Crippen LogP contribution in [-0.2, 0) is 6.42 Å². The summed E-state index contributed by atoms with van der Waals surface area (Å²) in [7, 11) is 0. The standard InChI is InChI=1S/C28H37F/c1-3-5-6-8-26-17-25-14-13-24(18-27(25)19-28(26)29)23-12-11-21-15-20(7-4-2)9-10-22(21)16-23/h3,5,13-14,17-23H,4,6-12,15-16H2,1-2H3/b5-3+. The average molecular weight is 393 g/mol. The largest absolute Gasteiger partial charge is 0.207 e. The highest BCUT2D eigenvalue weighted by atomic mass is 19.1. The molecule has 2 aromatic carbocycles. The molecule has 4 unspecified atom stereocenters. The first-order chi connectivity index (χ1) is 14.2. The first kappa shape index (κ1) is 20.6. The van der Waals surface area contributed by atoms with E-state index in [4.69, 9.17) is 0 Å². The number of hydrogen-bond donors (Lipinski definition) is 0. The minimum absolute atomic E-state index is 0.0443. The molecule has 29 heavy (non-hydrogen) atoms. The highest BCUT2D eigenvalue weighted by Gasteiger charge is 2.35. The van der Waals surface area contributed by atoms with Crippen molar-refractivity contribution >= 4 is 10.8 Å². The number of benzene rings is 2. The maximum Gasteiger partial charge on any atom is 0.127 e. The molecule has 2 saturated carbocycles. The normalized spacial score (nSPS) is 27.4. The molecule has 4 atom stereocenters. The molecule has 2 aromatic rings. The van der Waals surface area contributed by atoms with Crippen molar-refractivity contribution in [1.29, 1.82) is 0 Å². The molecule has 0 N–H and O–H groups in total. The molecule has 0 heterocycles. The lowest BCUT2D eigenvalue weighted by atomic mass is 9.63. The van der Waals surface area contributed by atoms with E-state index in [1.807, 2.05) is 13.0 Å². The average Bonchev–Trinajstić information content (AvgIpc) is 2.74. The van der Waals surface area contributed by atoms with E-state index in [0.717, 1.165) is 41.5 Å². The Labute approximate surface area is 176 Å². The van der Waals surface area contributed by atoms with E-state index in [2.05, 4.69) is 37.3 Å². The lowest BCUT2D eigenvalue weighted by Gasteiger charge is -2.42. The maximum absolute atomic E-state index is 14.6. The number of hydrogen-bond acceptors (Lipinski definition) is 0. The quantitative estimate of drug-likeness (QED) is 0.432. The van der Waals surface area contributed by atoms with Gasteiger partial charge < -0.3 is 0 Å². The smallest absolute Gasteiger partial charge is 0.127 e. The lowest BCUT2D eigenvalue weighted by Crippen LogP contribution is -2.30. The molecule has 0 radical (unpaired) electrons. The van der Waals surface area contributed by atoms with Crippen LogP contribution in [0.4, 0.5) is 4.39 Å². The van der Waals surface area contributed by atoms with Crippen molar-refractivity contribution in [3.8, 4) is 0 Å². The molecular weight excluding hydrogens is 355 g/mol. The van der Waals surface area contributed by atoms with E-state index in [9.17, 15) is 4.39 Å². The molecule has 2 fully saturated rings. The third kappa shape index (κ3) is 4.76. The van der Waals surface area contributed by atoms with Crippen LogP contribution in [0.3, 0.4) is 0 Å². The molecule has 2 aliphatic carbocycles. The van der Waals surface area contributed by atoms with E-state index in [1.165, 1.54) is 62.3 Å². The third-order valence-corrected chi connectivity index (χ3v) is 7.74. The van der Waals surface area contributed by atoms with Gasteiger partial charge in [-0.1, -0.05) is 56.5 Å². The second-order valence-electron chi connectivity index (χ2n) is 9.66. The fourth-order valence-electron chi connectivity index (χ4n) is 6.15. The summed E-state index contributed by atoms with van der Waals surface area (Å²) in [4.78, 5) is 0. The molecule has 156 valence electrons. The van der Waals surface area contributed by atoms with Gasteiger partial charge in [0.15, 0.2) is 0 Å². The molecule has 2 aliphatic rings. The van der Waals surface area contributed by atoms with Gasteiger partial charge >= 0.3 is 0 Å². The zero-order chi connectivity index (χ0) is 20.2. The minimum Gasteiger partial charge on any atom is -0.207 e. The number of aryl methyl sites for hydroxylation is 1. The SMILES string of the molecule is C/C=C/CCc1cc2ccc(C3CCC4CC(CCC)CCC4C3)cc2cc1F. The van der Waals surface area contributed by atoms with Crippen LogP contribution in [0.15, 0.2) is 42.5 Å². The second-order valence-corrected chi connectivity index (χ2v) is 9.66. The van der Waals surface area contributed by atoms with E-state index in [1.54, 1.807) is 6.07 Å². The molecule has 0 amide bonds. The highest BCUT2D eigenvalue weighted by Crippen LogP contribution is 2.48. The van der Waals surface area contributed by atoms with Crippen LogP contribution >= 0.6 is 0 Å². The van der Waals surface area contributed by atoms with Crippen LogP contribution in [0, 0.1) is 23.6 Å². The van der Waals surface area contributed by atoms with Gasteiger partial charge in [-0.3, -0.25) is 0 Å². The Bertz CT molecular complexity index is 849. The van der Waals surface area contributed by atoms with Gasteiger partial charge in [-0.2, -0.15) is 0 Å². The van der Waals surface area contributed by atoms with Crippen molar-refractivity contribution in [1.82, 2.24) is 0 Å². The van der Waals surface area contributed by atoms with Crippen molar-refractivity contribution < 1.29 is 4.39 Å². The number of rotatable bonds is 6. The summed E-state index contributed by atoms with van der Waals surface area (Å²) in [6, 6.07) is 10.7. The van der Waals surface area contributed by atoms with Gasteiger partial charge in [-0.05, 0) is 110 Å². The van der Waals surface area contributed by atoms with Crippen molar-refractivity contribution in [2.24, 2.45) is 17.8 Å². The Kier molecular flexibility index (Phi) is 6.73. The molecule has 0 aromatic heterocycles. The van der Waals surface area contributed by atoms with Gasteiger partial charge in [-0.15, -0.1) is 0 Å². The lowest BCUT2D eigenvalue weighted by molar-refractivity contribution is 0.114. The predicted molar refractivity (Wildman–Crippen MR) is 123 cm³/mol. The summed E-state index contributed by atoms with van der Waals surface area (Å²) in [5, 5.41) is 2.25. The molecule has 4 rings (SSSR count). The van der Waals surface area contributed by atoms with Gasteiger partial charge in [0, 0.05) is 0 Å². The molecule has 0 nitrogen and oxygen atoms in total. The van der Waals surface area contributed by atoms with Crippen molar-refractivity contribution in [2.75, 3.05) is 0 Å². The van der Waals surface area contributed by atoms with E-state index < -0.39 is 0 Å². The Hall–Kier alpha value is -1.63. The van der Waals surface area contributed by atoms with Crippen LogP contribution in [0.2, 0.25) is 0 Å². The Morgan fingerprint density at radius 1 is 0.966 bits per heavy atom. The molecule has 0 bridgehead atoms. The second kappa shape index (κ2) is 9.45. The zero-order valence-corrected chi connectivity index (χ0v) is 18.3. The highest BCUT2D eigenvalue weighted by molar-refractivity contribution is 5.84. The topological polar surface area (TPSA) is 0 Å². The van der Waals surface area contributed by atoms with Gasteiger partial charge in [0.1, 0.15) is 5.82 Å². The van der Waals surface area contributed by atoms with Gasteiger partial charge in [0.25, 0.3) is 0 Å². The van der Waals surface area contributed by atoms with Crippen LogP contribution < -0.4 is 0 Å². The first-order valence-electron chi connectivity index (χ1n) is 12.0. The van der Waals surface area contributed by atoms with E-state index in [0.29, 0.717) is 5.92 Å². The minimum atomic E-state index is -0.0443. The predicted octanol–water partition coefficient (Wildman–Crippen LogP) is 8.59. The Balaban J connectivity index is 1.46. The van der Waals surface area contributed by atoms with Crippen molar-refractivity contribution in [2.45, 2.75) is 84.0 Å². The van der Waals surface area contributed by atoms with Crippen LogP contribution in [-0.4, -0.2) is 0 Å². The summed E-state index contributed by atoms with van der Waals surface area (Å²) in [6.45, 7) is 4.35. The summed E-state index contributed by atoms with van der Waals surface area (Å²) in [5.41, 5.74) is 2.28. The summed E-state index contributed by atoms with van der Waals surface area (Å²) >= 11 is 0. The number of allylic oxidation sites excluding steroid dienone is 2. The third-order valence-electron chi connectivity index (χ3n) is 7.74. The maximum atomic E-state index is 14.6. The molecule has 0 aliphatic heterocycles. The van der Waals surface area contributed by atoms with Crippen LogP contribution in [0.1, 0.15) is 88.7 Å². The van der Waals surface area contributed by atoms with E-state index >= 15 is 0 Å². The van der Waals surface area contributed by atoms with Gasteiger partial charge in [0.05, 0.1) is 0 Å². The van der Waals surface area contributed by atoms with Crippen LogP contribution in [0.5, 0.6) is 0 Å². The van der Waals surface area contributed by atoms with Gasteiger partial charge in [0.2, 0.25) is 0 Å². The van der Waals surface area contributed by atoms with Crippen LogP contribution in [0.25, 0.3) is 10.8 Å². The number of halogens is 1. The fourth-order valence-corrected chi connectivity index (χ4v) is 6.15. The molecule has 0 saturated heterocycles. The summed E-state index contributed by atoms with van der Waals surface area (Å²) < 4.78 is 14.6. The van der Waals surface area contributed by atoms with Gasteiger partial charge in [-0.25, -0.2) is 4.39 Å². The zero-order valence-electron chi connectivity index (χ0n) is 18.3. The summed E-state index contributed by atoms with van der Waals surface area (Å²) in [5.74, 6) is 3.50. The van der Waals surface area contributed by atoms with Crippen molar-refractivity contribution in [3.63, 3.8) is 0 Å². The molecule has 1 heteroatoms. The fraction of sp³-hybridized carbons (Fsp3) is 0.571. The molecular formula is C28H37F. The Morgan fingerprint density at radius 2 is 1.79 bits per heavy atom. The Morgan fingerprint density at radius 3 is 2.62 bits per heavy atom. The van der Waals surface area contributed by atoms with Crippen molar-refractivity contribution in [3.05, 3.63) is 59.4 Å². The monoisotopic (exact) mass is 392 g/mol.